The Hall–Kier alpha value is -4.13. The molecule has 0 aliphatic carbocycles. The van der Waals surface area contributed by atoms with E-state index in [1.807, 2.05) is 48.5 Å². The van der Waals surface area contributed by atoms with Gasteiger partial charge in [0.25, 0.3) is 0 Å². The van der Waals surface area contributed by atoms with Crippen LogP contribution in [0.3, 0.4) is 0 Å². The smallest absolute Gasteiger partial charge is 0.347 e. The predicted octanol–water partition coefficient (Wildman–Crippen LogP) is 4.25. The van der Waals surface area contributed by atoms with Crippen molar-refractivity contribution < 1.29 is 28.6 Å². The molecule has 0 saturated heterocycles. The standard InChI is InChI=1S/C25H21NO6/c1-17(21-11-12-23-24(13-21)31-16-30-23)26-32-15-25(28)29-14-22(27)20-9-7-19(8-10-20)18-5-3-2-4-6-18/h2-13H,14-16H2,1H3. The largest absolute Gasteiger partial charge is 0.455 e. The van der Waals surface area contributed by atoms with Crippen LogP contribution in [0.15, 0.2) is 78.0 Å². The van der Waals surface area contributed by atoms with Gasteiger partial charge < -0.3 is 19.0 Å². The maximum absolute atomic E-state index is 12.3. The highest BCUT2D eigenvalue weighted by molar-refractivity contribution is 5.99. The fourth-order valence-electron chi connectivity index (χ4n) is 3.11. The molecule has 0 radical (unpaired) electrons. The Labute approximate surface area is 185 Å². The zero-order chi connectivity index (χ0) is 22.3. The van der Waals surface area contributed by atoms with Crippen LogP contribution in [0.25, 0.3) is 11.1 Å². The normalized spacial score (nSPS) is 12.3. The van der Waals surface area contributed by atoms with Crippen LogP contribution in [-0.4, -0.2) is 37.5 Å². The highest BCUT2D eigenvalue weighted by atomic mass is 16.7. The van der Waals surface area contributed by atoms with Gasteiger partial charge in [-0.1, -0.05) is 59.8 Å². The number of hydrogen-bond donors (Lipinski definition) is 0. The van der Waals surface area contributed by atoms with E-state index in [1.54, 1.807) is 31.2 Å². The minimum atomic E-state index is -0.679. The van der Waals surface area contributed by atoms with Crippen molar-refractivity contribution >= 4 is 17.5 Å². The Morgan fingerprint density at radius 1 is 0.844 bits per heavy atom. The molecule has 0 bridgehead atoms. The molecule has 3 aromatic carbocycles. The highest BCUT2D eigenvalue weighted by Gasteiger charge is 2.15. The molecule has 3 aromatic rings. The molecule has 0 fully saturated rings. The Kier molecular flexibility index (Phi) is 6.46. The third-order valence-corrected chi connectivity index (χ3v) is 4.85. The zero-order valence-corrected chi connectivity index (χ0v) is 17.4. The third kappa shape index (κ3) is 5.13. The van der Waals surface area contributed by atoms with Crippen LogP contribution < -0.4 is 9.47 Å². The van der Waals surface area contributed by atoms with Gasteiger partial charge in [-0.05, 0) is 36.2 Å². The van der Waals surface area contributed by atoms with Crippen LogP contribution in [0, 0.1) is 0 Å². The van der Waals surface area contributed by atoms with Crippen molar-refractivity contribution in [3.05, 3.63) is 83.9 Å². The second-order valence-corrected chi connectivity index (χ2v) is 7.05. The van der Waals surface area contributed by atoms with Crippen LogP contribution in [0.2, 0.25) is 0 Å². The van der Waals surface area contributed by atoms with Gasteiger partial charge in [0.2, 0.25) is 13.4 Å². The number of esters is 1. The first kappa shape index (κ1) is 21.1. The lowest BCUT2D eigenvalue weighted by Crippen LogP contribution is -2.17. The molecule has 4 rings (SSSR count). The van der Waals surface area contributed by atoms with Crippen LogP contribution >= 0.6 is 0 Å². The van der Waals surface area contributed by atoms with Crippen molar-refractivity contribution in [1.82, 2.24) is 0 Å². The monoisotopic (exact) mass is 431 g/mol. The van der Waals surface area contributed by atoms with E-state index in [0.717, 1.165) is 16.7 Å². The fraction of sp³-hybridized carbons (Fsp3) is 0.160. The van der Waals surface area contributed by atoms with Crippen molar-refractivity contribution in [2.45, 2.75) is 6.92 Å². The minimum absolute atomic E-state index is 0.188. The van der Waals surface area contributed by atoms with Gasteiger partial charge in [0, 0.05) is 11.1 Å². The highest BCUT2D eigenvalue weighted by Crippen LogP contribution is 2.32. The van der Waals surface area contributed by atoms with E-state index in [0.29, 0.717) is 22.8 Å². The molecule has 0 unspecified atom stereocenters. The number of fused-ring (bicyclic) bond motifs is 1. The molecular weight excluding hydrogens is 410 g/mol. The first-order valence-corrected chi connectivity index (χ1v) is 10.0. The zero-order valence-electron chi connectivity index (χ0n) is 17.4. The molecule has 0 atom stereocenters. The van der Waals surface area contributed by atoms with Gasteiger partial charge in [-0.2, -0.15) is 0 Å². The lowest BCUT2D eigenvalue weighted by Gasteiger charge is -2.06. The molecular formula is C25H21NO6. The Morgan fingerprint density at radius 3 is 2.31 bits per heavy atom. The predicted molar refractivity (Wildman–Crippen MR) is 118 cm³/mol. The van der Waals surface area contributed by atoms with Gasteiger partial charge in [0.1, 0.15) is 0 Å². The van der Waals surface area contributed by atoms with Gasteiger partial charge in [-0.25, -0.2) is 4.79 Å². The average Bonchev–Trinajstić information content (AvgIpc) is 3.31. The summed E-state index contributed by atoms with van der Waals surface area (Å²) in [6.45, 7) is 1.17. The van der Waals surface area contributed by atoms with Crippen molar-refractivity contribution in [2.24, 2.45) is 5.16 Å². The second kappa shape index (κ2) is 9.78. The summed E-state index contributed by atoms with van der Waals surface area (Å²) in [4.78, 5) is 29.2. The van der Waals surface area contributed by atoms with E-state index in [9.17, 15) is 9.59 Å². The fourth-order valence-corrected chi connectivity index (χ4v) is 3.11. The van der Waals surface area contributed by atoms with E-state index in [1.165, 1.54) is 0 Å². The quantitative estimate of drug-likeness (QED) is 0.230. The lowest BCUT2D eigenvalue weighted by atomic mass is 10.0. The number of nitrogens with zero attached hydrogens (tertiary/aromatic N) is 1. The minimum Gasteiger partial charge on any atom is -0.455 e. The summed E-state index contributed by atoms with van der Waals surface area (Å²) in [5.41, 5.74) is 3.87. The van der Waals surface area contributed by atoms with E-state index < -0.39 is 12.6 Å². The first-order chi connectivity index (χ1) is 15.6. The number of benzene rings is 3. The average molecular weight is 431 g/mol. The second-order valence-electron chi connectivity index (χ2n) is 7.05. The lowest BCUT2D eigenvalue weighted by molar-refractivity contribution is -0.147. The third-order valence-electron chi connectivity index (χ3n) is 4.85. The first-order valence-electron chi connectivity index (χ1n) is 10.0. The van der Waals surface area contributed by atoms with Crippen LogP contribution in [-0.2, 0) is 14.4 Å². The summed E-state index contributed by atoms with van der Waals surface area (Å²) in [5, 5.41) is 3.92. The topological polar surface area (TPSA) is 83.4 Å². The van der Waals surface area contributed by atoms with Crippen molar-refractivity contribution in [2.75, 3.05) is 20.0 Å². The Morgan fingerprint density at radius 2 is 1.53 bits per heavy atom. The van der Waals surface area contributed by atoms with Gasteiger partial charge >= 0.3 is 5.97 Å². The number of carbonyl (C=O) groups is 2. The molecule has 0 saturated carbocycles. The van der Waals surface area contributed by atoms with Crippen LogP contribution in [0.5, 0.6) is 11.5 Å². The summed E-state index contributed by atoms with van der Waals surface area (Å²) in [5.74, 6) is 0.330. The van der Waals surface area contributed by atoms with Crippen LogP contribution in [0.1, 0.15) is 22.8 Å². The molecule has 7 nitrogen and oxygen atoms in total. The number of oxime groups is 1. The van der Waals surface area contributed by atoms with Crippen LogP contribution in [0.4, 0.5) is 0 Å². The van der Waals surface area contributed by atoms with Crippen molar-refractivity contribution in [3.63, 3.8) is 0 Å². The summed E-state index contributed by atoms with van der Waals surface area (Å²) in [6.07, 6.45) is 0. The van der Waals surface area contributed by atoms with Gasteiger partial charge in [0.05, 0.1) is 5.71 Å². The number of ketones is 1. The van der Waals surface area contributed by atoms with Crippen molar-refractivity contribution in [1.29, 1.82) is 0 Å². The Balaban J connectivity index is 1.24. The summed E-state index contributed by atoms with van der Waals surface area (Å²) < 4.78 is 15.6. The molecule has 32 heavy (non-hydrogen) atoms. The number of rotatable bonds is 8. The molecule has 1 aliphatic heterocycles. The van der Waals surface area contributed by atoms with E-state index in [2.05, 4.69) is 5.16 Å². The number of hydrogen-bond acceptors (Lipinski definition) is 7. The maximum atomic E-state index is 12.3. The Bertz CT molecular complexity index is 1140. The molecule has 0 spiro atoms. The maximum Gasteiger partial charge on any atom is 0.347 e. The van der Waals surface area contributed by atoms with Gasteiger partial charge in [-0.3, -0.25) is 4.79 Å². The van der Waals surface area contributed by atoms with E-state index in [-0.39, 0.29) is 19.2 Å². The number of Topliss-reactive ketones (excluding diaryl/α,β-unsaturated/α-hetero) is 1. The molecule has 1 heterocycles. The molecule has 0 N–H and O–H groups in total. The molecule has 162 valence electrons. The van der Waals surface area contributed by atoms with Gasteiger partial charge in [0.15, 0.2) is 23.9 Å². The van der Waals surface area contributed by atoms with E-state index in [4.69, 9.17) is 19.0 Å². The summed E-state index contributed by atoms with van der Waals surface area (Å²) in [7, 11) is 0. The molecule has 7 heteroatoms. The molecule has 0 aromatic heterocycles. The summed E-state index contributed by atoms with van der Waals surface area (Å²) >= 11 is 0. The number of carbonyl (C=O) groups excluding carboxylic acids is 2. The van der Waals surface area contributed by atoms with Gasteiger partial charge in [-0.15, -0.1) is 0 Å². The molecule has 0 amide bonds. The SMILES string of the molecule is CC(=NOCC(=O)OCC(=O)c1ccc(-c2ccccc2)cc1)c1ccc2c(c1)OCO2. The number of ether oxygens (including phenoxy) is 3. The summed E-state index contributed by atoms with van der Waals surface area (Å²) in [6, 6.07) is 22.4. The van der Waals surface area contributed by atoms with Crippen molar-refractivity contribution in [3.8, 4) is 22.6 Å². The van der Waals surface area contributed by atoms with E-state index >= 15 is 0 Å². The molecule has 1 aliphatic rings.